The number of carbonyl (C=O) groups is 1. The molecule has 6 rings (SSSR count). The Morgan fingerprint density at radius 1 is 1.03 bits per heavy atom. The number of hydrogen-bond donors (Lipinski definition) is 0. The normalized spacial score (nSPS) is 15.6. The van der Waals surface area contributed by atoms with Crippen LogP contribution in [0.15, 0.2) is 75.9 Å². The first-order chi connectivity index (χ1) is 16.4. The minimum absolute atomic E-state index is 0.000139. The number of rotatable bonds is 3. The van der Waals surface area contributed by atoms with Crippen LogP contribution in [0.3, 0.4) is 0 Å². The number of para-hydroxylation sites is 1. The third-order valence-corrected chi connectivity index (χ3v) is 7.25. The Kier molecular flexibility index (Phi) is 4.64. The van der Waals surface area contributed by atoms with E-state index in [1.807, 2.05) is 12.1 Å². The molecule has 5 nitrogen and oxygen atoms in total. The van der Waals surface area contributed by atoms with E-state index in [1.165, 1.54) is 33.9 Å². The summed E-state index contributed by atoms with van der Waals surface area (Å²) in [5.74, 6) is -0.476. The number of carbonyl (C=O) groups excluding carboxylic acids is 1. The third kappa shape index (κ3) is 3.08. The average molecular weight is 471 g/mol. The van der Waals surface area contributed by atoms with E-state index in [0.29, 0.717) is 27.6 Å². The van der Waals surface area contributed by atoms with Gasteiger partial charge in [0, 0.05) is 0 Å². The Morgan fingerprint density at radius 2 is 1.79 bits per heavy atom. The summed E-state index contributed by atoms with van der Waals surface area (Å²) in [7, 11) is 0. The smallest absolute Gasteiger partial charge is 0.297 e. The molecule has 34 heavy (non-hydrogen) atoms. The molecule has 5 aromatic rings. The zero-order valence-corrected chi connectivity index (χ0v) is 19.2. The van der Waals surface area contributed by atoms with Gasteiger partial charge in [-0.25, -0.2) is 9.37 Å². The molecule has 0 spiro atoms. The molecule has 0 saturated carbocycles. The van der Waals surface area contributed by atoms with Crippen LogP contribution in [0.25, 0.3) is 21.2 Å². The SMILES string of the molecule is CC(C)c1ccc2nc(N3C(=O)c4oc5ccccc5c(=O)c4[C@H]3c3ccc(F)cc3)sc2c1. The van der Waals surface area contributed by atoms with E-state index in [2.05, 4.69) is 19.9 Å². The van der Waals surface area contributed by atoms with Gasteiger partial charge in [-0.1, -0.05) is 55.5 Å². The fourth-order valence-corrected chi connectivity index (χ4v) is 5.51. The molecule has 168 valence electrons. The van der Waals surface area contributed by atoms with Gasteiger partial charge in [0.05, 0.1) is 27.2 Å². The molecule has 0 unspecified atom stereocenters. The largest absolute Gasteiger partial charge is 0.450 e. The molecule has 0 bridgehead atoms. The highest BCUT2D eigenvalue weighted by atomic mass is 32.1. The first kappa shape index (κ1) is 20.7. The molecule has 0 radical (unpaired) electrons. The molecule has 1 atom stereocenters. The molecule has 0 fully saturated rings. The molecule has 3 heterocycles. The Balaban J connectivity index is 1.60. The zero-order chi connectivity index (χ0) is 23.6. The zero-order valence-electron chi connectivity index (χ0n) is 18.4. The Morgan fingerprint density at radius 3 is 2.56 bits per heavy atom. The molecule has 3 aromatic carbocycles. The number of benzene rings is 3. The standard InChI is InChI=1S/C27H19FN2O3S/c1-14(2)16-9-12-19-21(13-16)34-27(29-19)30-23(15-7-10-17(28)11-8-15)22-24(31)18-5-3-4-6-20(18)33-25(22)26(30)32/h3-14,23H,1-2H3/t23-/m1/s1. The van der Waals surface area contributed by atoms with Gasteiger partial charge in [-0.05, 0) is 53.4 Å². The van der Waals surface area contributed by atoms with Crippen LogP contribution in [0.4, 0.5) is 9.52 Å². The van der Waals surface area contributed by atoms with Crippen LogP contribution in [-0.2, 0) is 0 Å². The highest BCUT2D eigenvalue weighted by Gasteiger charge is 2.45. The molecule has 0 aliphatic carbocycles. The summed E-state index contributed by atoms with van der Waals surface area (Å²) in [5.41, 5.74) is 2.89. The lowest BCUT2D eigenvalue weighted by Gasteiger charge is -2.22. The number of thiazole rings is 1. The minimum atomic E-state index is -0.769. The molecule has 7 heteroatoms. The predicted molar refractivity (Wildman–Crippen MR) is 131 cm³/mol. The third-order valence-electron chi connectivity index (χ3n) is 6.24. The van der Waals surface area contributed by atoms with Crippen molar-refractivity contribution < 1.29 is 13.6 Å². The summed E-state index contributed by atoms with van der Waals surface area (Å²) in [5, 5.41) is 0.860. The van der Waals surface area contributed by atoms with Crippen molar-refractivity contribution in [1.82, 2.24) is 4.98 Å². The predicted octanol–water partition coefficient (Wildman–Crippen LogP) is 6.42. The first-order valence-electron chi connectivity index (χ1n) is 11.0. The number of hydrogen-bond acceptors (Lipinski definition) is 5. The minimum Gasteiger partial charge on any atom is -0.450 e. The van der Waals surface area contributed by atoms with Crippen LogP contribution in [0, 0.1) is 5.82 Å². The second-order valence-electron chi connectivity index (χ2n) is 8.68. The Bertz CT molecular complexity index is 1650. The molecule has 1 aliphatic heterocycles. The van der Waals surface area contributed by atoms with Gasteiger partial charge >= 0.3 is 0 Å². The lowest BCUT2D eigenvalue weighted by atomic mass is 9.99. The van der Waals surface area contributed by atoms with Gasteiger partial charge in [0.1, 0.15) is 11.4 Å². The quantitative estimate of drug-likeness (QED) is 0.305. The summed E-state index contributed by atoms with van der Waals surface area (Å²) < 4.78 is 20.6. The van der Waals surface area contributed by atoms with Gasteiger partial charge in [-0.2, -0.15) is 0 Å². The number of fused-ring (bicyclic) bond motifs is 3. The Labute approximate surface area is 198 Å². The maximum Gasteiger partial charge on any atom is 0.297 e. The van der Waals surface area contributed by atoms with Gasteiger partial charge in [-0.3, -0.25) is 14.5 Å². The van der Waals surface area contributed by atoms with Gasteiger partial charge in [0.25, 0.3) is 5.91 Å². The molecule has 1 amide bonds. The van der Waals surface area contributed by atoms with E-state index in [-0.39, 0.29) is 16.8 Å². The second-order valence-corrected chi connectivity index (χ2v) is 9.69. The van der Waals surface area contributed by atoms with E-state index in [1.54, 1.807) is 36.4 Å². The van der Waals surface area contributed by atoms with Crippen molar-refractivity contribution >= 4 is 43.6 Å². The lowest BCUT2D eigenvalue weighted by molar-refractivity contribution is 0.0971. The second kappa shape index (κ2) is 7.60. The first-order valence-corrected chi connectivity index (χ1v) is 11.8. The summed E-state index contributed by atoms with van der Waals surface area (Å²) in [6, 6.07) is 18.0. The van der Waals surface area contributed by atoms with Crippen molar-refractivity contribution in [3.8, 4) is 0 Å². The van der Waals surface area contributed by atoms with E-state index < -0.39 is 17.8 Å². The molecular weight excluding hydrogens is 451 g/mol. The van der Waals surface area contributed by atoms with Crippen molar-refractivity contribution in [3.63, 3.8) is 0 Å². The van der Waals surface area contributed by atoms with Crippen LogP contribution in [-0.4, -0.2) is 10.9 Å². The molecule has 0 N–H and O–H groups in total. The number of amides is 1. The summed E-state index contributed by atoms with van der Waals surface area (Å²) in [6.45, 7) is 4.24. The van der Waals surface area contributed by atoms with Crippen molar-refractivity contribution in [2.45, 2.75) is 25.8 Å². The number of nitrogens with zero attached hydrogens (tertiary/aromatic N) is 2. The molecule has 1 aliphatic rings. The maximum atomic E-state index is 13.7. The van der Waals surface area contributed by atoms with Gasteiger partial charge in [0.15, 0.2) is 10.6 Å². The van der Waals surface area contributed by atoms with Gasteiger partial charge in [0.2, 0.25) is 5.76 Å². The highest BCUT2D eigenvalue weighted by molar-refractivity contribution is 7.22. The number of aromatic nitrogens is 1. The van der Waals surface area contributed by atoms with Gasteiger partial charge in [-0.15, -0.1) is 0 Å². The van der Waals surface area contributed by atoms with E-state index in [4.69, 9.17) is 9.40 Å². The topological polar surface area (TPSA) is 63.4 Å². The Hall–Kier alpha value is -3.84. The molecule has 0 saturated heterocycles. The van der Waals surface area contributed by atoms with Crippen LogP contribution in [0.5, 0.6) is 0 Å². The summed E-state index contributed by atoms with van der Waals surface area (Å²) in [6.07, 6.45) is 0. The van der Waals surface area contributed by atoms with Crippen molar-refractivity contribution in [2.75, 3.05) is 4.90 Å². The fourth-order valence-electron chi connectivity index (χ4n) is 4.47. The van der Waals surface area contributed by atoms with E-state index in [9.17, 15) is 14.0 Å². The van der Waals surface area contributed by atoms with Crippen LogP contribution >= 0.6 is 11.3 Å². The summed E-state index contributed by atoms with van der Waals surface area (Å²) >= 11 is 1.39. The average Bonchev–Trinajstić information content (AvgIpc) is 3.38. The van der Waals surface area contributed by atoms with Crippen molar-refractivity contribution in [3.05, 3.63) is 105 Å². The fraction of sp³-hybridized carbons (Fsp3) is 0.148. The van der Waals surface area contributed by atoms with Crippen LogP contribution in [0.1, 0.15) is 53.1 Å². The lowest BCUT2D eigenvalue weighted by Crippen LogP contribution is -2.29. The number of halogens is 1. The monoisotopic (exact) mass is 470 g/mol. The van der Waals surface area contributed by atoms with Crippen molar-refractivity contribution in [2.24, 2.45) is 0 Å². The highest BCUT2D eigenvalue weighted by Crippen LogP contribution is 2.43. The summed E-state index contributed by atoms with van der Waals surface area (Å²) in [4.78, 5) is 33.5. The van der Waals surface area contributed by atoms with Crippen LogP contribution in [0.2, 0.25) is 0 Å². The maximum absolute atomic E-state index is 13.7. The van der Waals surface area contributed by atoms with E-state index in [0.717, 1.165) is 10.2 Å². The van der Waals surface area contributed by atoms with Gasteiger partial charge < -0.3 is 4.42 Å². The van der Waals surface area contributed by atoms with Crippen LogP contribution < -0.4 is 10.3 Å². The van der Waals surface area contributed by atoms with Crippen molar-refractivity contribution in [1.29, 1.82) is 0 Å². The molecular formula is C27H19FN2O3S. The van der Waals surface area contributed by atoms with E-state index >= 15 is 0 Å². The molecule has 2 aromatic heterocycles. The number of anilines is 1.